The highest BCUT2D eigenvalue weighted by atomic mass is 19.1. The fraction of sp³-hybridized carbons (Fsp3) is 0.880. The molecule has 5 nitrogen and oxygen atoms in total. The quantitative estimate of drug-likeness (QED) is 0.434. The predicted molar refractivity (Wildman–Crippen MR) is 117 cm³/mol. The maximum Gasteiger partial charge on any atom is 0.305 e. The summed E-state index contributed by atoms with van der Waals surface area (Å²) in [6, 6.07) is 0.985. The van der Waals surface area contributed by atoms with Crippen molar-refractivity contribution in [1.82, 2.24) is 5.32 Å². The largest absolute Gasteiger partial charge is 0.481 e. The lowest BCUT2D eigenvalue weighted by molar-refractivity contribution is -0.139. The predicted octanol–water partition coefficient (Wildman–Crippen LogP) is 3.83. The minimum absolute atomic E-state index is 0.0424. The molecule has 3 aliphatic carbocycles. The lowest BCUT2D eigenvalue weighted by atomic mass is 9.58. The molecule has 3 saturated carbocycles. The summed E-state index contributed by atoms with van der Waals surface area (Å²) in [4.78, 5) is 10.8. The Bertz CT molecular complexity index is 631. The Morgan fingerprint density at radius 1 is 1.00 bits per heavy atom. The zero-order valence-electron chi connectivity index (χ0n) is 18.5. The van der Waals surface area contributed by atoms with E-state index in [9.17, 15) is 19.4 Å². The second kappa shape index (κ2) is 10.3. The van der Waals surface area contributed by atoms with Gasteiger partial charge in [0.2, 0.25) is 0 Å². The van der Waals surface area contributed by atoms with Crippen LogP contribution in [0.1, 0.15) is 77.0 Å². The fourth-order valence-electron chi connectivity index (χ4n) is 6.89. The highest BCUT2D eigenvalue weighted by Crippen LogP contribution is 2.51. The van der Waals surface area contributed by atoms with Crippen molar-refractivity contribution < 1.29 is 24.5 Å². The van der Waals surface area contributed by atoms with Gasteiger partial charge in [0, 0.05) is 18.5 Å². The standard InChI is InChI=1S/C25H40FNO4/c26-17-9-7-15(8-10-17)24-20-3-1-2-4-22(20)27-25(16-5-6-16)21(24)12-11-18(28)13-19(29)14-23(30)31/h11-12,15-22,24-25,27-29H,1-10,13-14H2,(H,30,31)/b12-11+. The number of carboxylic acid groups (broad SMARTS) is 1. The Morgan fingerprint density at radius 3 is 2.35 bits per heavy atom. The molecule has 6 heteroatoms. The summed E-state index contributed by atoms with van der Waals surface area (Å²) in [5.74, 6) is 1.64. The molecular weight excluding hydrogens is 397 g/mol. The Kier molecular flexibility index (Phi) is 7.71. The van der Waals surface area contributed by atoms with Gasteiger partial charge in [-0.15, -0.1) is 0 Å². The van der Waals surface area contributed by atoms with Crippen LogP contribution in [0.3, 0.4) is 0 Å². The van der Waals surface area contributed by atoms with E-state index in [1.54, 1.807) is 6.08 Å². The molecule has 4 N–H and O–H groups in total. The van der Waals surface area contributed by atoms with Crippen molar-refractivity contribution in [2.24, 2.45) is 29.6 Å². The minimum Gasteiger partial charge on any atom is -0.481 e. The molecule has 0 radical (unpaired) electrons. The molecule has 0 spiro atoms. The molecule has 176 valence electrons. The fourth-order valence-corrected chi connectivity index (χ4v) is 6.89. The Labute approximate surface area is 185 Å². The summed E-state index contributed by atoms with van der Waals surface area (Å²) in [6.45, 7) is 0. The van der Waals surface area contributed by atoms with Gasteiger partial charge in [-0.05, 0) is 81.0 Å². The third kappa shape index (κ3) is 5.88. The zero-order chi connectivity index (χ0) is 22.0. The summed E-state index contributed by atoms with van der Waals surface area (Å²) in [5.41, 5.74) is 0. The van der Waals surface area contributed by atoms with Crippen molar-refractivity contribution in [3.8, 4) is 0 Å². The van der Waals surface area contributed by atoms with E-state index >= 15 is 0 Å². The van der Waals surface area contributed by atoms with Gasteiger partial charge >= 0.3 is 5.97 Å². The average molecular weight is 438 g/mol. The van der Waals surface area contributed by atoms with E-state index in [1.807, 2.05) is 0 Å². The maximum absolute atomic E-state index is 13.9. The molecule has 0 aromatic carbocycles. The van der Waals surface area contributed by atoms with Gasteiger partial charge in [-0.1, -0.05) is 25.0 Å². The zero-order valence-corrected chi connectivity index (χ0v) is 18.5. The third-order valence-electron chi connectivity index (χ3n) is 8.43. The van der Waals surface area contributed by atoms with Gasteiger partial charge < -0.3 is 20.6 Å². The number of hydrogen-bond donors (Lipinski definition) is 4. The minimum atomic E-state index is -1.05. The van der Waals surface area contributed by atoms with Crippen LogP contribution in [0, 0.1) is 29.6 Å². The first-order valence-electron chi connectivity index (χ1n) is 12.6. The van der Waals surface area contributed by atoms with Crippen molar-refractivity contribution in [3.05, 3.63) is 12.2 Å². The van der Waals surface area contributed by atoms with Crippen LogP contribution in [0.2, 0.25) is 0 Å². The van der Waals surface area contributed by atoms with Gasteiger partial charge in [0.15, 0.2) is 0 Å². The first-order chi connectivity index (χ1) is 14.9. The van der Waals surface area contributed by atoms with Crippen molar-refractivity contribution >= 4 is 5.97 Å². The molecular formula is C25H40FNO4. The van der Waals surface area contributed by atoms with Gasteiger partial charge in [-0.25, -0.2) is 4.39 Å². The number of piperidine rings is 1. The second-order valence-electron chi connectivity index (χ2n) is 10.7. The van der Waals surface area contributed by atoms with E-state index in [2.05, 4.69) is 11.4 Å². The number of hydrogen-bond acceptors (Lipinski definition) is 4. The number of rotatable bonds is 8. The molecule has 0 aromatic heterocycles. The van der Waals surface area contributed by atoms with Crippen LogP contribution in [0.15, 0.2) is 12.2 Å². The summed E-state index contributed by atoms with van der Waals surface area (Å²) >= 11 is 0. The molecule has 1 heterocycles. The number of aliphatic carboxylic acids is 1. The van der Waals surface area contributed by atoms with E-state index in [1.165, 1.54) is 38.5 Å². The summed E-state index contributed by atoms with van der Waals surface area (Å²) in [7, 11) is 0. The Balaban J connectivity index is 1.52. The van der Waals surface area contributed by atoms with Crippen LogP contribution in [-0.4, -0.2) is 51.8 Å². The van der Waals surface area contributed by atoms with E-state index in [0.29, 0.717) is 54.5 Å². The smallest absolute Gasteiger partial charge is 0.305 e. The average Bonchev–Trinajstić information content (AvgIpc) is 3.56. The van der Waals surface area contributed by atoms with E-state index in [4.69, 9.17) is 5.11 Å². The summed E-state index contributed by atoms with van der Waals surface area (Å²) in [5, 5.41) is 33.2. The summed E-state index contributed by atoms with van der Waals surface area (Å²) in [6.07, 6.45) is 12.0. The normalized spacial score (nSPS) is 40.9. The molecule has 31 heavy (non-hydrogen) atoms. The number of carboxylic acids is 1. The Morgan fingerprint density at radius 2 is 1.68 bits per heavy atom. The highest BCUT2D eigenvalue weighted by molar-refractivity contribution is 5.67. The number of fused-ring (bicyclic) bond motifs is 1. The molecule has 7 atom stereocenters. The molecule has 4 aliphatic rings. The monoisotopic (exact) mass is 437 g/mol. The Hall–Kier alpha value is -0.980. The number of halogens is 1. The lowest BCUT2D eigenvalue weighted by Crippen LogP contribution is -2.59. The summed E-state index contributed by atoms with van der Waals surface area (Å²) < 4.78 is 13.9. The molecule has 4 rings (SSSR count). The topological polar surface area (TPSA) is 89.8 Å². The van der Waals surface area contributed by atoms with Crippen molar-refractivity contribution in [3.63, 3.8) is 0 Å². The number of aliphatic hydroxyl groups excluding tert-OH is 2. The maximum atomic E-state index is 13.9. The number of aliphatic hydroxyl groups is 2. The first kappa shape index (κ1) is 23.2. The van der Waals surface area contributed by atoms with Crippen molar-refractivity contribution in [2.45, 2.75) is 108 Å². The SMILES string of the molecule is O=C(O)CC(O)CC(O)/C=C/C1C(C2CC2)NC2CCCCC2C1C1CCC(F)CC1. The number of carbonyl (C=O) groups is 1. The van der Waals surface area contributed by atoms with Crippen LogP contribution in [-0.2, 0) is 4.79 Å². The van der Waals surface area contributed by atoms with Crippen LogP contribution < -0.4 is 5.32 Å². The van der Waals surface area contributed by atoms with Gasteiger partial charge in [0.05, 0.1) is 18.6 Å². The van der Waals surface area contributed by atoms with E-state index in [0.717, 1.165) is 12.8 Å². The molecule has 0 aromatic rings. The third-order valence-corrected chi connectivity index (χ3v) is 8.43. The van der Waals surface area contributed by atoms with Crippen LogP contribution in [0.5, 0.6) is 0 Å². The van der Waals surface area contributed by atoms with E-state index in [-0.39, 0.29) is 12.8 Å². The number of nitrogens with one attached hydrogen (secondary N) is 1. The number of alkyl halides is 1. The van der Waals surface area contributed by atoms with Gasteiger partial charge in [-0.2, -0.15) is 0 Å². The molecule has 0 bridgehead atoms. The highest BCUT2D eigenvalue weighted by Gasteiger charge is 2.51. The molecule has 4 fully saturated rings. The van der Waals surface area contributed by atoms with Gasteiger partial charge in [-0.3, -0.25) is 4.79 Å². The van der Waals surface area contributed by atoms with Gasteiger partial charge in [0.1, 0.15) is 6.17 Å². The van der Waals surface area contributed by atoms with E-state index < -0.39 is 24.3 Å². The molecule has 7 unspecified atom stereocenters. The second-order valence-corrected chi connectivity index (χ2v) is 10.7. The van der Waals surface area contributed by atoms with Crippen LogP contribution in [0.4, 0.5) is 4.39 Å². The molecule has 0 amide bonds. The van der Waals surface area contributed by atoms with Crippen molar-refractivity contribution in [1.29, 1.82) is 0 Å². The molecule has 1 saturated heterocycles. The van der Waals surface area contributed by atoms with Crippen LogP contribution in [0.25, 0.3) is 0 Å². The van der Waals surface area contributed by atoms with Crippen molar-refractivity contribution in [2.75, 3.05) is 0 Å². The van der Waals surface area contributed by atoms with Gasteiger partial charge in [0.25, 0.3) is 0 Å². The molecule has 1 aliphatic heterocycles. The first-order valence-corrected chi connectivity index (χ1v) is 12.6. The van der Waals surface area contributed by atoms with Crippen LogP contribution >= 0.6 is 0 Å². The lowest BCUT2D eigenvalue weighted by Gasteiger charge is -2.53.